The van der Waals surface area contributed by atoms with Crippen LogP contribution in [0.2, 0.25) is 0 Å². The molecule has 0 aromatic heterocycles. The Morgan fingerprint density at radius 2 is 2.15 bits per heavy atom. The zero-order valence-corrected chi connectivity index (χ0v) is 12.2. The number of carbonyl (C=O) groups excluding carboxylic acids is 1. The number of hydrogen-bond donors (Lipinski definition) is 4. The maximum atomic E-state index is 11.9. The molecule has 0 heterocycles. The van der Waals surface area contributed by atoms with Crippen LogP contribution in [0.15, 0.2) is 18.2 Å². The minimum Gasteiger partial charge on any atom is -0.504 e. The van der Waals surface area contributed by atoms with Crippen LogP contribution in [0.1, 0.15) is 18.4 Å². The van der Waals surface area contributed by atoms with Gasteiger partial charge in [-0.15, -0.1) is 0 Å². The van der Waals surface area contributed by atoms with Crippen molar-refractivity contribution in [2.75, 3.05) is 12.8 Å². The summed E-state index contributed by atoms with van der Waals surface area (Å²) in [4.78, 5) is 11.9. The van der Waals surface area contributed by atoms with Crippen LogP contribution in [0.5, 0.6) is 11.5 Å². The van der Waals surface area contributed by atoms with E-state index in [1.807, 2.05) is 0 Å². The van der Waals surface area contributed by atoms with E-state index in [1.54, 1.807) is 17.8 Å². The smallest absolute Gasteiger partial charge is 0.237 e. The Hall–Kier alpha value is -1.40. The molecule has 1 fully saturated rings. The van der Waals surface area contributed by atoms with Crippen LogP contribution in [-0.4, -0.2) is 39.7 Å². The SMILES string of the molecule is CSC1(CNC(=O)[C@@H](N)Cc2ccc(O)c(O)c2)CC1. The Morgan fingerprint density at radius 3 is 2.70 bits per heavy atom. The molecule has 0 bridgehead atoms. The van der Waals surface area contributed by atoms with Crippen molar-refractivity contribution in [3.63, 3.8) is 0 Å². The van der Waals surface area contributed by atoms with Gasteiger partial charge in [-0.2, -0.15) is 11.8 Å². The molecule has 1 aromatic rings. The Morgan fingerprint density at radius 1 is 1.45 bits per heavy atom. The summed E-state index contributed by atoms with van der Waals surface area (Å²) in [5.41, 5.74) is 6.58. The molecule has 110 valence electrons. The molecule has 0 radical (unpaired) electrons. The zero-order valence-electron chi connectivity index (χ0n) is 11.4. The first kappa shape index (κ1) is 15.0. The van der Waals surface area contributed by atoms with Crippen LogP contribution >= 0.6 is 11.8 Å². The lowest BCUT2D eigenvalue weighted by Gasteiger charge is -2.16. The van der Waals surface area contributed by atoms with Gasteiger partial charge in [-0.1, -0.05) is 6.07 Å². The second kappa shape index (κ2) is 5.93. The number of nitrogens with one attached hydrogen (secondary N) is 1. The quantitative estimate of drug-likeness (QED) is 0.587. The van der Waals surface area contributed by atoms with Gasteiger partial charge in [0, 0.05) is 11.3 Å². The number of phenolic OH excluding ortho intramolecular Hbond substituents is 2. The highest BCUT2D eigenvalue weighted by Crippen LogP contribution is 2.46. The summed E-state index contributed by atoms with van der Waals surface area (Å²) >= 11 is 1.78. The largest absolute Gasteiger partial charge is 0.504 e. The predicted molar refractivity (Wildman–Crippen MR) is 79.9 cm³/mol. The van der Waals surface area contributed by atoms with Gasteiger partial charge in [0.25, 0.3) is 0 Å². The number of hydrogen-bond acceptors (Lipinski definition) is 5. The van der Waals surface area contributed by atoms with Gasteiger partial charge < -0.3 is 21.3 Å². The summed E-state index contributed by atoms with van der Waals surface area (Å²) in [6.07, 6.45) is 4.65. The average molecular weight is 296 g/mol. The van der Waals surface area contributed by atoms with Gasteiger partial charge in [0.1, 0.15) is 0 Å². The molecule has 2 rings (SSSR count). The summed E-state index contributed by atoms with van der Waals surface area (Å²) in [5.74, 6) is -0.560. The third kappa shape index (κ3) is 3.58. The first-order valence-corrected chi connectivity index (χ1v) is 7.77. The van der Waals surface area contributed by atoms with Gasteiger partial charge in [0.15, 0.2) is 11.5 Å². The first-order chi connectivity index (χ1) is 9.46. The van der Waals surface area contributed by atoms with Gasteiger partial charge in [-0.3, -0.25) is 4.79 Å². The molecular formula is C14H20N2O3S. The van der Waals surface area contributed by atoms with E-state index < -0.39 is 6.04 Å². The summed E-state index contributed by atoms with van der Waals surface area (Å²) in [5, 5.41) is 21.5. The summed E-state index contributed by atoms with van der Waals surface area (Å²) in [6, 6.07) is 3.80. The number of benzene rings is 1. The van der Waals surface area contributed by atoms with E-state index >= 15 is 0 Å². The Bertz CT molecular complexity index is 503. The number of thioether (sulfide) groups is 1. The fourth-order valence-corrected chi connectivity index (χ4v) is 2.74. The van der Waals surface area contributed by atoms with Crippen molar-refractivity contribution >= 4 is 17.7 Å². The number of amides is 1. The van der Waals surface area contributed by atoms with Crippen LogP contribution in [0.25, 0.3) is 0 Å². The van der Waals surface area contributed by atoms with E-state index in [1.165, 1.54) is 12.1 Å². The van der Waals surface area contributed by atoms with E-state index in [9.17, 15) is 15.0 Å². The Balaban J connectivity index is 1.85. The lowest BCUT2D eigenvalue weighted by Crippen LogP contribution is -2.44. The van der Waals surface area contributed by atoms with Crippen LogP contribution in [-0.2, 0) is 11.2 Å². The summed E-state index contributed by atoms with van der Waals surface area (Å²) < 4.78 is 0.214. The van der Waals surface area contributed by atoms with Crippen molar-refractivity contribution in [3.8, 4) is 11.5 Å². The second-order valence-electron chi connectivity index (χ2n) is 5.24. The molecule has 1 atom stereocenters. The van der Waals surface area contributed by atoms with Crippen molar-refractivity contribution in [1.82, 2.24) is 5.32 Å². The molecular weight excluding hydrogens is 276 g/mol. The molecule has 5 nitrogen and oxygen atoms in total. The average Bonchev–Trinajstić information content (AvgIpc) is 3.21. The van der Waals surface area contributed by atoms with Crippen molar-refractivity contribution in [2.24, 2.45) is 5.73 Å². The van der Waals surface area contributed by atoms with Crippen molar-refractivity contribution in [2.45, 2.75) is 30.1 Å². The molecule has 20 heavy (non-hydrogen) atoms. The fourth-order valence-electron chi connectivity index (χ4n) is 2.01. The number of phenols is 2. The number of carbonyl (C=O) groups is 1. The number of rotatable bonds is 6. The van der Waals surface area contributed by atoms with E-state index in [-0.39, 0.29) is 22.2 Å². The monoisotopic (exact) mass is 296 g/mol. The van der Waals surface area contributed by atoms with Crippen molar-refractivity contribution < 1.29 is 15.0 Å². The van der Waals surface area contributed by atoms with Crippen LogP contribution in [0.4, 0.5) is 0 Å². The molecule has 0 unspecified atom stereocenters. The molecule has 5 N–H and O–H groups in total. The molecule has 0 aliphatic heterocycles. The van der Waals surface area contributed by atoms with Gasteiger partial charge in [0.05, 0.1) is 6.04 Å². The molecule has 1 aromatic carbocycles. The lowest BCUT2D eigenvalue weighted by atomic mass is 10.1. The maximum absolute atomic E-state index is 11.9. The summed E-state index contributed by atoms with van der Waals surface area (Å²) in [7, 11) is 0. The topological polar surface area (TPSA) is 95.6 Å². The van der Waals surface area contributed by atoms with Crippen molar-refractivity contribution in [1.29, 1.82) is 0 Å². The van der Waals surface area contributed by atoms with E-state index in [4.69, 9.17) is 5.73 Å². The first-order valence-electron chi connectivity index (χ1n) is 6.55. The Kier molecular flexibility index (Phi) is 4.45. The van der Waals surface area contributed by atoms with Crippen LogP contribution < -0.4 is 11.1 Å². The highest BCUT2D eigenvalue weighted by Gasteiger charge is 2.42. The molecule has 1 saturated carbocycles. The molecule has 1 amide bonds. The molecule has 1 aliphatic rings. The minimum atomic E-state index is -0.656. The van der Waals surface area contributed by atoms with Crippen molar-refractivity contribution in [3.05, 3.63) is 23.8 Å². The molecule has 0 spiro atoms. The molecule has 0 saturated heterocycles. The second-order valence-corrected chi connectivity index (χ2v) is 6.51. The number of aromatic hydroxyl groups is 2. The molecule has 1 aliphatic carbocycles. The third-order valence-corrected chi connectivity index (χ3v) is 5.08. The van der Waals surface area contributed by atoms with E-state index in [2.05, 4.69) is 11.6 Å². The van der Waals surface area contributed by atoms with Gasteiger partial charge in [-0.25, -0.2) is 0 Å². The van der Waals surface area contributed by atoms with Gasteiger partial charge in [0.2, 0.25) is 5.91 Å². The fraction of sp³-hybridized carbons (Fsp3) is 0.500. The Labute approximate surface area is 122 Å². The normalized spacial score (nSPS) is 17.5. The lowest BCUT2D eigenvalue weighted by molar-refractivity contribution is -0.122. The standard InChI is InChI=1S/C14H20N2O3S/c1-20-14(4-5-14)8-16-13(19)10(15)6-9-2-3-11(17)12(18)7-9/h2-3,7,10,17-18H,4-6,8,15H2,1H3,(H,16,19)/t10-/m0/s1. The maximum Gasteiger partial charge on any atom is 0.237 e. The molecule has 6 heteroatoms. The van der Waals surface area contributed by atoms with Crippen LogP contribution in [0.3, 0.4) is 0 Å². The predicted octanol–water partition coefficient (Wildman–Crippen LogP) is 0.979. The van der Waals surface area contributed by atoms with E-state index in [0.717, 1.165) is 12.8 Å². The van der Waals surface area contributed by atoms with Gasteiger partial charge >= 0.3 is 0 Å². The minimum absolute atomic E-state index is 0.178. The highest BCUT2D eigenvalue weighted by atomic mass is 32.2. The van der Waals surface area contributed by atoms with E-state index in [0.29, 0.717) is 18.5 Å². The van der Waals surface area contributed by atoms with Gasteiger partial charge in [-0.05, 0) is 43.2 Å². The van der Waals surface area contributed by atoms with Crippen LogP contribution in [0, 0.1) is 0 Å². The zero-order chi connectivity index (χ0) is 14.8. The summed E-state index contributed by atoms with van der Waals surface area (Å²) in [6.45, 7) is 0.654. The third-order valence-electron chi connectivity index (χ3n) is 3.66. The highest BCUT2D eigenvalue weighted by molar-refractivity contribution is 8.00. The number of nitrogens with two attached hydrogens (primary N) is 1.